The molecule has 3 rings (SSSR count). The van der Waals surface area contributed by atoms with E-state index >= 15 is 0 Å². The van der Waals surface area contributed by atoms with Gasteiger partial charge in [-0.3, -0.25) is 4.90 Å². The molecule has 0 spiro atoms. The first kappa shape index (κ1) is 12.4. The summed E-state index contributed by atoms with van der Waals surface area (Å²) in [4.78, 5) is 3.97. The van der Waals surface area contributed by atoms with Gasteiger partial charge in [0.25, 0.3) is 0 Å². The normalized spacial score (nSPS) is 16.3. The minimum atomic E-state index is 1.09. The molecule has 0 amide bonds. The molecule has 0 saturated carbocycles. The van der Waals surface area contributed by atoms with E-state index in [0.29, 0.717) is 0 Å². The third kappa shape index (κ3) is 2.68. The van der Waals surface area contributed by atoms with Crippen LogP contribution in [0.4, 0.5) is 0 Å². The summed E-state index contributed by atoms with van der Waals surface area (Å²) in [6.45, 7) is 3.59. The predicted octanol–water partition coefficient (Wildman–Crippen LogP) is 4.77. The van der Waals surface area contributed by atoms with Crippen molar-refractivity contribution < 1.29 is 0 Å². The molecule has 0 aliphatic carbocycles. The maximum absolute atomic E-state index is 3.63. The molecule has 0 atom stereocenters. The van der Waals surface area contributed by atoms with Crippen molar-refractivity contribution in [2.45, 2.75) is 19.4 Å². The van der Waals surface area contributed by atoms with E-state index in [4.69, 9.17) is 0 Å². The van der Waals surface area contributed by atoms with E-state index in [-0.39, 0.29) is 0 Å². The Morgan fingerprint density at radius 3 is 2.56 bits per heavy atom. The Labute approximate surface area is 121 Å². The first-order valence-electron chi connectivity index (χ1n) is 6.39. The molecule has 1 aromatic heterocycles. The molecule has 0 unspecified atom stereocenters. The molecule has 1 saturated heterocycles. The number of hydrogen-bond donors (Lipinski definition) is 0. The highest BCUT2D eigenvalue weighted by Gasteiger charge is 2.16. The molecule has 3 heteroatoms. The Bertz CT molecular complexity index is 515. The lowest BCUT2D eigenvalue weighted by molar-refractivity contribution is 0.332. The standard InChI is InChI=1S/C15H16BrNS/c16-14-10-13(11-17-8-4-5-9-17)15(18-14)12-6-2-1-3-7-12/h1-3,6-7,10H,4-5,8-9,11H2. The highest BCUT2D eigenvalue weighted by Crippen LogP contribution is 2.36. The van der Waals surface area contributed by atoms with Gasteiger partial charge in [-0.2, -0.15) is 0 Å². The van der Waals surface area contributed by atoms with Crippen LogP contribution >= 0.6 is 27.3 Å². The zero-order chi connectivity index (χ0) is 12.4. The molecule has 0 N–H and O–H groups in total. The molecule has 1 aromatic carbocycles. The van der Waals surface area contributed by atoms with Crippen LogP contribution in [0.2, 0.25) is 0 Å². The van der Waals surface area contributed by atoms with Crippen LogP contribution in [0.1, 0.15) is 18.4 Å². The third-order valence-corrected chi connectivity index (χ3v) is 5.14. The Hall–Kier alpha value is -0.640. The molecule has 0 bridgehead atoms. The van der Waals surface area contributed by atoms with Crippen molar-refractivity contribution in [1.29, 1.82) is 0 Å². The van der Waals surface area contributed by atoms with Crippen molar-refractivity contribution in [1.82, 2.24) is 4.90 Å². The lowest BCUT2D eigenvalue weighted by Crippen LogP contribution is -2.18. The molecule has 1 aliphatic heterocycles. The molecular formula is C15H16BrNS. The number of likely N-dealkylation sites (tertiary alicyclic amines) is 1. The summed E-state index contributed by atoms with van der Waals surface area (Å²) in [7, 11) is 0. The van der Waals surface area contributed by atoms with Crippen LogP contribution in [0.15, 0.2) is 40.2 Å². The fraction of sp³-hybridized carbons (Fsp3) is 0.333. The lowest BCUT2D eigenvalue weighted by Gasteiger charge is -2.14. The number of hydrogen-bond acceptors (Lipinski definition) is 2. The summed E-state index contributed by atoms with van der Waals surface area (Å²) in [5.74, 6) is 0. The summed E-state index contributed by atoms with van der Waals surface area (Å²) in [6, 6.07) is 13.0. The predicted molar refractivity (Wildman–Crippen MR) is 82.0 cm³/mol. The topological polar surface area (TPSA) is 3.24 Å². The van der Waals surface area contributed by atoms with Crippen LogP contribution in [-0.4, -0.2) is 18.0 Å². The second kappa shape index (κ2) is 5.55. The summed E-state index contributed by atoms with van der Waals surface area (Å²) >= 11 is 5.47. The Kier molecular flexibility index (Phi) is 3.83. The Morgan fingerprint density at radius 1 is 1.11 bits per heavy atom. The fourth-order valence-electron chi connectivity index (χ4n) is 2.53. The SMILES string of the molecule is Brc1cc(CN2CCCC2)c(-c2ccccc2)s1. The van der Waals surface area contributed by atoms with Gasteiger partial charge in [0.1, 0.15) is 0 Å². The van der Waals surface area contributed by atoms with Gasteiger partial charge in [0.15, 0.2) is 0 Å². The van der Waals surface area contributed by atoms with Gasteiger partial charge in [0.05, 0.1) is 3.79 Å². The van der Waals surface area contributed by atoms with Crippen molar-refractivity contribution in [3.8, 4) is 10.4 Å². The van der Waals surface area contributed by atoms with Crippen LogP contribution in [0.3, 0.4) is 0 Å². The first-order chi connectivity index (χ1) is 8.83. The maximum atomic E-state index is 3.63. The zero-order valence-corrected chi connectivity index (χ0v) is 12.6. The molecule has 18 heavy (non-hydrogen) atoms. The molecule has 1 fully saturated rings. The van der Waals surface area contributed by atoms with Crippen LogP contribution in [0, 0.1) is 0 Å². The second-order valence-electron chi connectivity index (χ2n) is 4.75. The summed E-state index contributed by atoms with van der Waals surface area (Å²) < 4.78 is 1.23. The van der Waals surface area contributed by atoms with Gasteiger partial charge in [-0.1, -0.05) is 30.3 Å². The molecule has 1 aliphatic rings. The summed E-state index contributed by atoms with van der Waals surface area (Å²) in [5.41, 5.74) is 2.79. The molecule has 0 radical (unpaired) electrons. The second-order valence-corrected chi connectivity index (χ2v) is 7.19. The van der Waals surface area contributed by atoms with Gasteiger partial charge in [-0.15, -0.1) is 11.3 Å². The van der Waals surface area contributed by atoms with Crippen molar-refractivity contribution in [3.63, 3.8) is 0 Å². The summed E-state index contributed by atoms with van der Waals surface area (Å²) in [6.07, 6.45) is 2.71. The highest BCUT2D eigenvalue weighted by molar-refractivity contribution is 9.11. The number of rotatable bonds is 3. The molecule has 1 nitrogen and oxygen atoms in total. The average molecular weight is 322 g/mol. The first-order valence-corrected chi connectivity index (χ1v) is 8.00. The van der Waals surface area contributed by atoms with E-state index in [0.717, 1.165) is 6.54 Å². The number of nitrogens with zero attached hydrogens (tertiary/aromatic N) is 1. The lowest BCUT2D eigenvalue weighted by atomic mass is 10.1. The van der Waals surface area contributed by atoms with Gasteiger partial charge >= 0.3 is 0 Å². The minimum Gasteiger partial charge on any atom is -0.299 e. The monoisotopic (exact) mass is 321 g/mol. The van der Waals surface area contributed by atoms with Crippen LogP contribution in [0.25, 0.3) is 10.4 Å². The van der Waals surface area contributed by atoms with Gasteiger partial charge in [0, 0.05) is 11.4 Å². The third-order valence-electron chi connectivity index (χ3n) is 3.41. The van der Waals surface area contributed by atoms with E-state index in [1.807, 2.05) is 11.3 Å². The minimum absolute atomic E-state index is 1.09. The maximum Gasteiger partial charge on any atom is 0.0708 e. The van der Waals surface area contributed by atoms with Crippen molar-refractivity contribution in [2.75, 3.05) is 13.1 Å². The zero-order valence-electron chi connectivity index (χ0n) is 10.2. The van der Waals surface area contributed by atoms with E-state index < -0.39 is 0 Å². The van der Waals surface area contributed by atoms with Crippen LogP contribution in [0.5, 0.6) is 0 Å². The average Bonchev–Trinajstić information content (AvgIpc) is 3.01. The Balaban J connectivity index is 1.89. The molecular weight excluding hydrogens is 306 g/mol. The fourth-order valence-corrected chi connectivity index (χ4v) is 4.19. The van der Waals surface area contributed by atoms with Crippen LogP contribution < -0.4 is 0 Å². The van der Waals surface area contributed by atoms with Gasteiger partial charge in [-0.05, 0) is 59.1 Å². The number of benzene rings is 1. The largest absolute Gasteiger partial charge is 0.299 e. The van der Waals surface area contributed by atoms with Crippen molar-refractivity contribution in [3.05, 3.63) is 45.7 Å². The van der Waals surface area contributed by atoms with Crippen molar-refractivity contribution >= 4 is 27.3 Å². The van der Waals surface area contributed by atoms with Crippen LogP contribution in [-0.2, 0) is 6.54 Å². The number of halogens is 1. The summed E-state index contributed by atoms with van der Waals surface area (Å²) in [5, 5.41) is 0. The van der Waals surface area contributed by atoms with E-state index in [9.17, 15) is 0 Å². The highest BCUT2D eigenvalue weighted by atomic mass is 79.9. The number of thiophene rings is 1. The van der Waals surface area contributed by atoms with Gasteiger partial charge in [0.2, 0.25) is 0 Å². The van der Waals surface area contributed by atoms with E-state index in [1.54, 1.807) is 0 Å². The van der Waals surface area contributed by atoms with E-state index in [2.05, 4.69) is 57.2 Å². The molecule has 2 heterocycles. The quantitative estimate of drug-likeness (QED) is 0.786. The van der Waals surface area contributed by atoms with Gasteiger partial charge < -0.3 is 0 Å². The smallest absolute Gasteiger partial charge is 0.0708 e. The molecule has 2 aromatic rings. The molecule has 94 valence electrons. The van der Waals surface area contributed by atoms with Crippen molar-refractivity contribution in [2.24, 2.45) is 0 Å². The van der Waals surface area contributed by atoms with E-state index in [1.165, 1.54) is 45.7 Å². The van der Waals surface area contributed by atoms with Gasteiger partial charge in [-0.25, -0.2) is 0 Å². The Morgan fingerprint density at radius 2 is 1.83 bits per heavy atom.